The summed E-state index contributed by atoms with van der Waals surface area (Å²) in [6.45, 7) is -0.487. The molecule has 1 rings (SSSR count). The van der Waals surface area contributed by atoms with Crippen molar-refractivity contribution in [3.8, 4) is 0 Å². The third-order valence-electron chi connectivity index (χ3n) is 1.47. The number of aliphatic hydroxyl groups excluding tert-OH is 3. The van der Waals surface area contributed by atoms with Gasteiger partial charge < -0.3 is 20.1 Å². The minimum absolute atomic E-state index is 0.487. The molecule has 0 aliphatic carbocycles. The second kappa shape index (κ2) is 2.79. The Morgan fingerprint density at radius 2 is 2.00 bits per heavy atom. The van der Waals surface area contributed by atoms with Gasteiger partial charge in [-0.05, 0) is 0 Å². The first kappa shape index (κ1) is 7.87. The van der Waals surface area contributed by atoms with Crippen LogP contribution >= 0.6 is 0 Å². The van der Waals surface area contributed by atoms with E-state index in [1.165, 1.54) is 0 Å². The smallest absolute Gasteiger partial charge is 0.189 e. The summed E-state index contributed by atoms with van der Waals surface area (Å²) in [5.74, 6) is 0. The monoisotopic (exact) mass is 152 g/mol. The third kappa shape index (κ3) is 1.13. The summed E-state index contributed by atoms with van der Waals surface area (Å²) in [5.41, 5.74) is 0. The summed E-state index contributed by atoms with van der Waals surface area (Å²) in [5, 5.41) is 25.8. The molecule has 1 aliphatic heterocycles. The fraction of sp³-hybridized carbons (Fsp3) is 1.00. The molecule has 0 aromatic rings. The predicted octanol–water partition coefficient (Wildman–Crippen LogP) is -1.61. The molecule has 1 saturated heterocycles. The molecule has 2 unspecified atom stereocenters. The first-order valence-corrected chi connectivity index (χ1v) is 2.93. The lowest BCUT2D eigenvalue weighted by atomic mass is 10.2. The maximum atomic E-state index is 12.4. The van der Waals surface area contributed by atoms with Gasteiger partial charge in [-0.25, -0.2) is 4.39 Å². The summed E-state index contributed by atoms with van der Waals surface area (Å²) >= 11 is 0. The first-order chi connectivity index (χ1) is 4.66. The van der Waals surface area contributed by atoms with Crippen molar-refractivity contribution in [1.29, 1.82) is 0 Å². The Morgan fingerprint density at radius 1 is 1.40 bits per heavy atom. The van der Waals surface area contributed by atoms with E-state index in [2.05, 4.69) is 4.74 Å². The van der Waals surface area contributed by atoms with E-state index in [4.69, 9.17) is 15.3 Å². The molecule has 10 heavy (non-hydrogen) atoms. The molecular weight excluding hydrogens is 143 g/mol. The molecule has 0 amide bonds. The lowest BCUT2D eigenvalue weighted by Crippen LogP contribution is -2.30. The molecule has 0 aromatic carbocycles. The van der Waals surface area contributed by atoms with Crippen LogP contribution in [-0.4, -0.2) is 46.6 Å². The molecule has 1 fully saturated rings. The van der Waals surface area contributed by atoms with Crippen molar-refractivity contribution < 1.29 is 24.4 Å². The van der Waals surface area contributed by atoms with Crippen LogP contribution in [0, 0.1) is 0 Å². The topological polar surface area (TPSA) is 69.9 Å². The van der Waals surface area contributed by atoms with Gasteiger partial charge in [-0.15, -0.1) is 0 Å². The van der Waals surface area contributed by atoms with Crippen LogP contribution in [0.2, 0.25) is 0 Å². The Hall–Kier alpha value is -0.230. The molecule has 0 bridgehead atoms. The molecule has 4 nitrogen and oxygen atoms in total. The van der Waals surface area contributed by atoms with Gasteiger partial charge in [0.2, 0.25) is 0 Å². The van der Waals surface area contributed by atoms with Crippen LogP contribution in [-0.2, 0) is 4.74 Å². The highest BCUT2D eigenvalue weighted by atomic mass is 19.1. The average molecular weight is 152 g/mol. The van der Waals surface area contributed by atoms with Gasteiger partial charge in [-0.3, -0.25) is 0 Å². The van der Waals surface area contributed by atoms with Crippen LogP contribution in [0.4, 0.5) is 4.39 Å². The van der Waals surface area contributed by atoms with Crippen molar-refractivity contribution in [1.82, 2.24) is 0 Å². The summed E-state index contributed by atoms with van der Waals surface area (Å²) in [6.07, 6.45) is -5.82. The van der Waals surface area contributed by atoms with E-state index in [-0.39, 0.29) is 0 Å². The van der Waals surface area contributed by atoms with E-state index in [0.717, 1.165) is 0 Å². The second-order valence-corrected chi connectivity index (χ2v) is 2.18. The van der Waals surface area contributed by atoms with E-state index in [0.29, 0.717) is 0 Å². The molecule has 0 aromatic heterocycles. The van der Waals surface area contributed by atoms with Gasteiger partial charge in [-0.1, -0.05) is 0 Å². The van der Waals surface area contributed by atoms with Crippen molar-refractivity contribution in [2.45, 2.75) is 24.7 Å². The highest BCUT2D eigenvalue weighted by Gasteiger charge is 2.42. The Bertz CT molecular complexity index is 120. The van der Waals surface area contributed by atoms with E-state index < -0.39 is 31.3 Å². The maximum Gasteiger partial charge on any atom is 0.189 e. The lowest BCUT2D eigenvalue weighted by molar-refractivity contribution is -0.121. The fourth-order valence-electron chi connectivity index (χ4n) is 0.859. The van der Waals surface area contributed by atoms with Gasteiger partial charge in [0.15, 0.2) is 12.5 Å². The summed E-state index contributed by atoms with van der Waals surface area (Å²) in [7, 11) is 0. The van der Waals surface area contributed by atoms with Crippen molar-refractivity contribution in [2.75, 3.05) is 6.61 Å². The highest BCUT2D eigenvalue weighted by Crippen LogP contribution is 2.21. The number of halogens is 1. The van der Waals surface area contributed by atoms with Crippen molar-refractivity contribution >= 4 is 0 Å². The van der Waals surface area contributed by atoms with Gasteiger partial charge in [0, 0.05) is 0 Å². The first-order valence-electron chi connectivity index (χ1n) is 2.93. The molecule has 5 heteroatoms. The van der Waals surface area contributed by atoms with Crippen molar-refractivity contribution in [2.24, 2.45) is 0 Å². The fourth-order valence-corrected chi connectivity index (χ4v) is 0.859. The minimum Gasteiger partial charge on any atom is -0.394 e. The van der Waals surface area contributed by atoms with Crippen LogP contribution < -0.4 is 0 Å². The standard InChI is InChI=1S/C5H9FO4/c6-3-4(8)2(1-7)10-5(3)9/h2-5,7-9H,1H2/t2-,3?,4?,5-/m1/s1. The van der Waals surface area contributed by atoms with Crippen molar-refractivity contribution in [3.63, 3.8) is 0 Å². The minimum atomic E-state index is -1.81. The van der Waals surface area contributed by atoms with Gasteiger partial charge in [-0.2, -0.15) is 0 Å². The zero-order valence-corrected chi connectivity index (χ0v) is 5.14. The van der Waals surface area contributed by atoms with Crippen molar-refractivity contribution in [3.05, 3.63) is 0 Å². The van der Waals surface area contributed by atoms with Gasteiger partial charge in [0.05, 0.1) is 6.61 Å². The van der Waals surface area contributed by atoms with Gasteiger partial charge >= 0.3 is 0 Å². The van der Waals surface area contributed by atoms with E-state index >= 15 is 0 Å². The zero-order valence-electron chi connectivity index (χ0n) is 5.14. The predicted molar refractivity (Wildman–Crippen MR) is 28.9 cm³/mol. The Balaban J connectivity index is 2.53. The quantitative estimate of drug-likeness (QED) is 0.423. The summed E-state index contributed by atoms with van der Waals surface area (Å²) in [6, 6.07) is 0. The number of aliphatic hydroxyl groups is 3. The van der Waals surface area contributed by atoms with Crippen LogP contribution in [0.3, 0.4) is 0 Å². The van der Waals surface area contributed by atoms with Gasteiger partial charge in [0.1, 0.15) is 12.2 Å². The zero-order chi connectivity index (χ0) is 7.72. The molecule has 60 valence electrons. The van der Waals surface area contributed by atoms with E-state index in [9.17, 15) is 4.39 Å². The number of hydrogen-bond acceptors (Lipinski definition) is 4. The van der Waals surface area contributed by atoms with Crippen LogP contribution in [0.25, 0.3) is 0 Å². The number of rotatable bonds is 1. The average Bonchev–Trinajstić information content (AvgIpc) is 2.17. The SMILES string of the molecule is OC[C@H]1O[C@@H](O)C(F)C1O. The number of alkyl halides is 1. The molecule has 4 atom stereocenters. The summed E-state index contributed by atoms with van der Waals surface area (Å²) < 4.78 is 16.8. The molecule has 3 N–H and O–H groups in total. The van der Waals surface area contributed by atoms with Gasteiger partial charge in [0.25, 0.3) is 0 Å². The maximum absolute atomic E-state index is 12.4. The largest absolute Gasteiger partial charge is 0.394 e. The highest BCUT2D eigenvalue weighted by molar-refractivity contribution is 4.85. The summed E-state index contributed by atoms with van der Waals surface area (Å²) in [4.78, 5) is 0. The molecule has 1 aliphatic rings. The molecule has 0 spiro atoms. The molecule has 1 heterocycles. The third-order valence-corrected chi connectivity index (χ3v) is 1.47. The molecule has 0 radical (unpaired) electrons. The van der Waals surface area contributed by atoms with Crippen LogP contribution in [0.5, 0.6) is 0 Å². The molecule has 0 saturated carbocycles. The Morgan fingerprint density at radius 3 is 2.20 bits per heavy atom. The Labute approximate surface area is 56.9 Å². The number of ether oxygens (including phenoxy) is 1. The molecular formula is C5H9FO4. The van der Waals surface area contributed by atoms with Crippen LogP contribution in [0.1, 0.15) is 0 Å². The second-order valence-electron chi connectivity index (χ2n) is 2.18. The lowest BCUT2D eigenvalue weighted by Gasteiger charge is -2.08. The van der Waals surface area contributed by atoms with E-state index in [1.54, 1.807) is 0 Å². The normalized spacial score (nSPS) is 48.0. The Kier molecular flexibility index (Phi) is 2.20. The number of hydrogen-bond donors (Lipinski definition) is 3. The van der Waals surface area contributed by atoms with E-state index in [1.807, 2.05) is 0 Å². The van der Waals surface area contributed by atoms with Crippen LogP contribution in [0.15, 0.2) is 0 Å².